The zero-order chi connectivity index (χ0) is 43.1. The van der Waals surface area contributed by atoms with E-state index in [1.807, 2.05) is 18.2 Å². The number of rotatable bonds is 17. The average Bonchev–Trinajstić information content (AvgIpc) is 3.15. The molecule has 0 fully saturated rings. The molecule has 0 aliphatic heterocycles. The number of sulfonamides is 2. The smallest absolute Gasteiger partial charge is 0.357 e. The third kappa shape index (κ3) is 10.4. The van der Waals surface area contributed by atoms with Crippen molar-refractivity contribution in [2.45, 2.75) is 62.4 Å². The van der Waals surface area contributed by atoms with Gasteiger partial charge in [0.1, 0.15) is 5.28 Å². The summed E-state index contributed by atoms with van der Waals surface area (Å²) in [6.45, 7) is 11.1. The lowest BCUT2D eigenvalue weighted by atomic mass is 10.1. The number of nitrogen functional groups attached to an aromatic ring is 2. The largest absolute Gasteiger partial charge is 0.397 e. The number of fused-ring (bicyclic) bond motifs is 2. The summed E-state index contributed by atoms with van der Waals surface area (Å²) in [6, 6.07) is 24.9. The monoisotopic (exact) mass is 878 g/mol. The number of nitrogens with two attached hydrogens (primary N) is 4. The van der Waals surface area contributed by atoms with Crippen LogP contribution >= 0.6 is 15.2 Å². The molecular weight excluding hydrogens is 827 g/mol. The van der Waals surface area contributed by atoms with Crippen LogP contribution in [0, 0.1) is 0 Å². The zero-order valence-electron chi connectivity index (χ0n) is 33.2. The van der Waals surface area contributed by atoms with Gasteiger partial charge in [0.05, 0.1) is 59.0 Å². The molecule has 1 unspecified atom stereocenters. The van der Waals surface area contributed by atoms with Crippen molar-refractivity contribution in [3.05, 3.63) is 96.6 Å². The van der Waals surface area contributed by atoms with E-state index >= 15 is 0 Å². The highest BCUT2D eigenvalue weighted by atomic mass is 32.2. The van der Waals surface area contributed by atoms with Crippen molar-refractivity contribution in [2.24, 2.45) is 10.3 Å². The third-order valence-electron chi connectivity index (χ3n) is 8.76. The second-order valence-electron chi connectivity index (χ2n) is 13.2. The van der Waals surface area contributed by atoms with E-state index in [0.717, 1.165) is 0 Å². The summed E-state index contributed by atoms with van der Waals surface area (Å²) in [5.74, 6) is -0.875. The van der Waals surface area contributed by atoms with Crippen molar-refractivity contribution in [2.75, 3.05) is 48.5 Å². The summed E-state index contributed by atoms with van der Waals surface area (Å²) >= 11 is 0. The lowest BCUT2D eigenvalue weighted by Crippen LogP contribution is -2.33. The van der Waals surface area contributed by atoms with Crippen LogP contribution in [0.5, 0.6) is 0 Å². The van der Waals surface area contributed by atoms with Gasteiger partial charge in [0.25, 0.3) is 0 Å². The van der Waals surface area contributed by atoms with Gasteiger partial charge in [-0.15, -0.1) is 0 Å². The molecule has 1 atom stereocenters. The Hall–Kier alpha value is -4.06. The minimum Gasteiger partial charge on any atom is -0.397 e. The van der Waals surface area contributed by atoms with E-state index in [9.17, 15) is 26.0 Å². The Morgan fingerprint density at radius 2 is 1.02 bits per heavy atom. The molecule has 20 heteroatoms. The first-order valence-corrected chi connectivity index (χ1v) is 24.5. The fourth-order valence-electron chi connectivity index (χ4n) is 6.23. The zero-order valence-corrected chi connectivity index (χ0v) is 36.6. The van der Waals surface area contributed by atoms with E-state index < -0.39 is 46.3 Å². The van der Waals surface area contributed by atoms with E-state index in [0.29, 0.717) is 49.9 Å². The molecular formula is C38H52N6O10P2S2. The molecule has 0 saturated carbocycles. The molecule has 0 spiro atoms. The Kier molecular flexibility index (Phi) is 15.2. The Labute approximate surface area is 340 Å². The van der Waals surface area contributed by atoms with E-state index in [2.05, 4.69) is 10.6 Å². The minimum absolute atomic E-state index is 0.0151. The van der Waals surface area contributed by atoms with Gasteiger partial charge in [0.2, 0.25) is 20.0 Å². The first-order valence-electron chi connectivity index (χ1n) is 18.2. The Morgan fingerprint density at radius 3 is 1.45 bits per heavy atom. The third-order valence-corrected chi connectivity index (χ3v) is 15.7. The van der Waals surface area contributed by atoms with Crippen LogP contribution in [0.2, 0.25) is 0 Å². The fraction of sp³-hybridized carbons (Fsp3) is 0.316. The van der Waals surface area contributed by atoms with E-state index in [1.54, 1.807) is 102 Å². The molecule has 0 radical (unpaired) electrons. The Balaban J connectivity index is 0.000000259. The fourth-order valence-corrected chi connectivity index (χ4v) is 11.3. The minimum atomic E-state index is -3.96. The van der Waals surface area contributed by atoms with Crippen molar-refractivity contribution in [3.8, 4) is 0 Å². The summed E-state index contributed by atoms with van der Waals surface area (Å²) in [5, 5.41) is 17.8. The average molecular weight is 879 g/mol. The highest BCUT2D eigenvalue weighted by Crippen LogP contribution is 2.62. The maximum absolute atomic E-state index is 13.7. The molecule has 10 N–H and O–H groups in total. The van der Waals surface area contributed by atoms with Crippen molar-refractivity contribution >= 4 is 79.5 Å². The predicted molar refractivity (Wildman–Crippen MR) is 232 cm³/mol. The lowest BCUT2D eigenvalue weighted by molar-refractivity contribution is 0.204. The van der Waals surface area contributed by atoms with Crippen molar-refractivity contribution < 1.29 is 44.1 Å². The molecule has 0 aliphatic carbocycles. The van der Waals surface area contributed by atoms with Gasteiger partial charge in [-0.25, -0.2) is 27.1 Å². The van der Waals surface area contributed by atoms with E-state index in [4.69, 9.17) is 39.8 Å². The molecule has 0 bridgehead atoms. The van der Waals surface area contributed by atoms with E-state index in [1.165, 1.54) is 12.1 Å². The first-order chi connectivity index (χ1) is 27.2. The number of benzene rings is 5. The van der Waals surface area contributed by atoms with Gasteiger partial charge in [-0.2, -0.15) is 0 Å². The summed E-state index contributed by atoms with van der Waals surface area (Å²) in [5.41, 5.74) is 14.6. The number of nitrogens with one attached hydrogen (secondary N) is 2. The quantitative estimate of drug-likeness (QED) is 0.0383. The Morgan fingerprint density at radius 1 is 0.586 bits per heavy atom. The number of primary sulfonamides is 2. The molecule has 0 amide bonds. The summed E-state index contributed by atoms with van der Waals surface area (Å²) in [7, 11) is -15.1. The normalized spacial score (nSPS) is 13.2. The van der Waals surface area contributed by atoms with Crippen molar-refractivity contribution in [1.82, 2.24) is 0 Å². The van der Waals surface area contributed by atoms with Crippen LogP contribution in [0.4, 0.5) is 22.7 Å². The summed E-state index contributed by atoms with van der Waals surface area (Å²) < 4.78 is 97.0. The highest BCUT2D eigenvalue weighted by Gasteiger charge is 2.44. The van der Waals surface area contributed by atoms with E-state index in [-0.39, 0.29) is 36.2 Å². The van der Waals surface area contributed by atoms with Crippen LogP contribution in [0.1, 0.15) is 52.9 Å². The standard InChI is InChI=1S/C21H26N3O5PS.C17H26N3O5PS/c1-3-28-30(25,29-4-2)21(15-9-6-5-7-10-15)24-20-17-11-8-12-19(31(23,26)27)16(17)13-14-18(20)22;1-5-24-26(21,25-6-2)17(3,4)20-16-13-8-7-9-15(27(19,22)23)12(13)10-11-14(16)18/h5-14,21,24H,3-4,22H2,1-2H3,(H2,23,26,27);7-11,20H,5-6,18H2,1-4H3,(H2,19,22,23). The van der Waals surface area contributed by atoms with Crippen LogP contribution in [-0.4, -0.2) is 48.5 Å². The van der Waals surface area contributed by atoms with Gasteiger partial charge in [-0.05, 0) is 71.4 Å². The summed E-state index contributed by atoms with van der Waals surface area (Å²) in [4.78, 5) is -0.0410. The number of hydrogen-bond acceptors (Lipinski definition) is 14. The maximum atomic E-state index is 13.7. The lowest BCUT2D eigenvalue weighted by Gasteiger charge is -2.35. The molecule has 0 aromatic heterocycles. The van der Waals surface area contributed by atoms with Gasteiger partial charge in [0, 0.05) is 21.5 Å². The van der Waals surface area contributed by atoms with Gasteiger partial charge < -0.3 is 40.2 Å². The molecule has 0 aliphatic rings. The summed E-state index contributed by atoms with van der Waals surface area (Å²) in [6.07, 6.45) is 0. The van der Waals surface area contributed by atoms with Crippen molar-refractivity contribution in [1.29, 1.82) is 0 Å². The second kappa shape index (κ2) is 18.9. The maximum Gasteiger partial charge on any atom is 0.357 e. The van der Waals surface area contributed by atoms with Crippen LogP contribution in [0.3, 0.4) is 0 Å². The van der Waals surface area contributed by atoms with Gasteiger partial charge >= 0.3 is 15.2 Å². The van der Waals surface area contributed by atoms with Crippen molar-refractivity contribution in [3.63, 3.8) is 0 Å². The molecule has 5 aromatic rings. The van der Waals surface area contributed by atoms with Gasteiger partial charge in [0.15, 0.2) is 5.78 Å². The molecule has 5 aromatic carbocycles. The van der Waals surface area contributed by atoms with Crippen LogP contribution in [-0.2, 0) is 47.3 Å². The highest BCUT2D eigenvalue weighted by molar-refractivity contribution is 7.89. The van der Waals surface area contributed by atoms with Gasteiger partial charge in [-0.3, -0.25) is 9.13 Å². The van der Waals surface area contributed by atoms with Crippen LogP contribution < -0.4 is 32.4 Å². The van der Waals surface area contributed by atoms with Crippen LogP contribution in [0.15, 0.2) is 101 Å². The molecule has 0 heterocycles. The Bertz CT molecular complexity index is 2540. The first kappa shape index (κ1) is 46.6. The number of anilines is 4. The second-order valence-corrected chi connectivity index (χ2v) is 21.0. The topological polar surface area (TPSA) is 267 Å². The molecule has 316 valence electrons. The molecule has 16 nitrogen and oxygen atoms in total. The number of hydrogen-bond donors (Lipinski definition) is 6. The molecule has 5 rings (SSSR count). The van der Waals surface area contributed by atoms with Crippen LogP contribution in [0.25, 0.3) is 21.5 Å². The SMILES string of the molecule is CCOP(=O)(OCC)C(C)(C)Nc1c(N)ccc2c(S(N)(=O)=O)cccc12.CCOP(=O)(OCC)C(Nc1c(N)ccc2c(S(N)(=O)=O)cccc12)c1ccccc1. The van der Waals surface area contributed by atoms with Gasteiger partial charge in [-0.1, -0.05) is 66.7 Å². The molecule has 0 saturated heterocycles. The molecule has 58 heavy (non-hydrogen) atoms. The predicted octanol–water partition coefficient (Wildman–Crippen LogP) is 7.93.